The van der Waals surface area contributed by atoms with Crippen LogP contribution < -0.4 is 15.5 Å². The molecule has 3 fully saturated rings. The first-order valence-corrected chi connectivity index (χ1v) is 13.9. The van der Waals surface area contributed by atoms with Gasteiger partial charge in [0, 0.05) is 37.8 Å². The number of ether oxygens (including phenoxy) is 1. The Labute approximate surface area is 234 Å². The number of aromatic nitrogens is 4. The second-order valence-corrected chi connectivity index (χ2v) is 10.6. The minimum absolute atomic E-state index is 0.0527. The molecule has 218 valence electrons. The van der Waals surface area contributed by atoms with Gasteiger partial charge in [-0.2, -0.15) is 9.97 Å². The van der Waals surface area contributed by atoms with Crippen molar-refractivity contribution in [1.29, 1.82) is 0 Å². The number of halogens is 2. The summed E-state index contributed by atoms with van der Waals surface area (Å²) in [6.07, 6.45) is -0.446. The van der Waals surface area contributed by atoms with Crippen LogP contribution >= 0.6 is 0 Å². The third-order valence-corrected chi connectivity index (χ3v) is 8.03. The van der Waals surface area contributed by atoms with Gasteiger partial charge in [0.2, 0.25) is 11.9 Å². The fourth-order valence-corrected chi connectivity index (χ4v) is 6.04. The predicted octanol–water partition coefficient (Wildman–Crippen LogP) is 3.18. The average Bonchev–Trinajstić information content (AvgIpc) is 3.54. The summed E-state index contributed by atoms with van der Waals surface area (Å²) in [5.41, 5.74) is 0.992. The van der Waals surface area contributed by atoms with Crippen LogP contribution in [0.3, 0.4) is 0 Å². The molecule has 2 aliphatic heterocycles. The molecule has 3 N–H and O–H groups in total. The lowest BCUT2D eigenvalue weighted by molar-refractivity contribution is -0.131. The number of likely N-dealkylation sites (tertiary alicyclic amines) is 1. The van der Waals surface area contributed by atoms with E-state index in [0.29, 0.717) is 67.9 Å². The van der Waals surface area contributed by atoms with Crippen LogP contribution in [0.5, 0.6) is 0 Å². The number of carboxylic acid groups (broad SMARTS) is 1. The molecule has 1 atom stereocenters. The maximum atomic E-state index is 14.1. The number of para-hydroxylation sites is 2. The van der Waals surface area contributed by atoms with E-state index in [9.17, 15) is 18.4 Å². The second kappa shape index (κ2) is 11.4. The first-order valence-electron chi connectivity index (χ1n) is 13.9. The zero-order valence-corrected chi connectivity index (χ0v) is 22.4. The number of morpholine rings is 1. The van der Waals surface area contributed by atoms with Crippen molar-refractivity contribution >= 4 is 34.8 Å². The van der Waals surface area contributed by atoms with E-state index in [4.69, 9.17) is 19.8 Å². The molecule has 14 heteroatoms. The first kappa shape index (κ1) is 27.1. The molecule has 4 heterocycles. The van der Waals surface area contributed by atoms with Crippen molar-refractivity contribution in [2.24, 2.45) is 0 Å². The molecule has 6 rings (SSSR count). The SMILES string of the molecule is O=C(O)N[C@@H]1CCN([C@H]2CC[C@H](Nc3cc(-n4c(C(F)F)nc5ccccc54)nc(N4CCOCC4)n3)CC2)C1=O. The maximum absolute atomic E-state index is 14.1. The summed E-state index contributed by atoms with van der Waals surface area (Å²) in [5, 5.41) is 14.8. The van der Waals surface area contributed by atoms with Gasteiger partial charge in [-0.25, -0.2) is 18.6 Å². The molecule has 2 aromatic heterocycles. The monoisotopic (exact) mass is 570 g/mol. The molecule has 12 nitrogen and oxygen atoms in total. The number of benzene rings is 1. The van der Waals surface area contributed by atoms with E-state index in [1.165, 1.54) is 4.57 Å². The number of hydrogen-bond acceptors (Lipinski definition) is 8. The van der Waals surface area contributed by atoms with E-state index < -0.39 is 18.6 Å². The lowest BCUT2D eigenvalue weighted by atomic mass is 9.90. The Bertz CT molecular complexity index is 1420. The van der Waals surface area contributed by atoms with Gasteiger partial charge in [0.25, 0.3) is 6.43 Å². The van der Waals surface area contributed by atoms with Crippen LogP contribution in [0.25, 0.3) is 16.9 Å². The van der Waals surface area contributed by atoms with E-state index in [1.54, 1.807) is 35.2 Å². The molecule has 2 saturated heterocycles. The van der Waals surface area contributed by atoms with Crippen molar-refractivity contribution in [3.63, 3.8) is 0 Å². The molecule has 0 radical (unpaired) electrons. The quantitative estimate of drug-likeness (QED) is 0.391. The van der Waals surface area contributed by atoms with E-state index in [0.717, 1.165) is 25.7 Å². The fourth-order valence-electron chi connectivity index (χ4n) is 6.04. The number of rotatable bonds is 7. The number of nitrogens with one attached hydrogen (secondary N) is 2. The molecule has 0 unspecified atom stereocenters. The number of carbonyl (C=O) groups is 2. The van der Waals surface area contributed by atoms with Crippen molar-refractivity contribution in [3.05, 3.63) is 36.2 Å². The minimum Gasteiger partial charge on any atom is -0.465 e. The molecular weight excluding hydrogens is 538 g/mol. The zero-order valence-electron chi connectivity index (χ0n) is 22.4. The van der Waals surface area contributed by atoms with Crippen molar-refractivity contribution in [3.8, 4) is 5.82 Å². The summed E-state index contributed by atoms with van der Waals surface area (Å²) in [5.74, 6) is 0.721. The number of imidazole rings is 1. The highest BCUT2D eigenvalue weighted by molar-refractivity contribution is 5.87. The van der Waals surface area contributed by atoms with E-state index >= 15 is 0 Å². The molecular formula is C27H32F2N8O4. The number of alkyl halides is 2. The maximum Gasteiger partial charge on any atom is 0.405 e. The molecule has 3 aromatic rings. The summed E-state index contributed by atoms with van der Waals surface area (Å²) in [7, 11) is 0. The Balaban J connectivity index is 1.24. The lowest BCUT2D eigenvalue weighted by Crippen LogP contribution is -2.46. The van der Waals surface area contributed by atoms with Crippen LogP contribution in [0, 0.1) is 0 Å². The van der Waals surface area contributed by atoms with Gasteiger partial charge in [-0.3, -0.25) is 9.36 Å². The fraction of sp³-hybridized carbons (Fsp3) is 0.519. The standard InChI is InChI=1S/C27H32F2N8O4/c28-23(29)24-31-18-3-1-2-4-20(18)37(24)22-15-21(33-26(34-22)35-11-13-41-14-12-35)30-16-5-7-17(8-6-16)36-10-9-19(25(36)38)32-27(39)40/h1-4,15-17,19,23,32H,5-14H2,(H,39,40)(H,30,33,34)/t16-,17-,19-/m1/s1. The molecule has 1 aliphatic carbocycles. The number of fused-ring (bicyclic) bond motifs is 1. The van der Waals surface area contributed by atoms with Crippen LogP contribution in [0.1, 0.15) is 44.4 Å². The molecule has 1 aromatic carbocycles. The van der Waals surface area contributed by atoms with Gasteiger partial charge in [0.15, 0.2) is 5.82 Å². The second-order valence-electron chi connectivity index (χ2n) is 10.6. The Hall–Kier alpha value is -4.07. The van der Waals surface area contributed by atoms with Gasteiger partial charge in [0.05, 0.1) is 24.2 Å². The summed E-state index contributed by atoms with van der Waals surface area (Å²) in [4.78, 5) is 41.1. The Morgan fingerprint density at radius 1 is 1.02 bits per heavy atom. The number of nitrogens with zero attached hydrogens (tertiary/aromatic N) is 6. The highest BCUT2D eigenvalue weighted by atomic mass is 19.3. The number of anilines is 2. The van der Waals surface area contributed by atoms with Gasteiger partial charge < -0.3 is 30.3 Å². The van der Waals surface area contributed by atoms with Crippen molar-refractivity contribution < 1.29 is 28.2 Å². The molecule has 0 bridgehead atoms. The third-order valence-electron chi connectivity index (χ3n) is 8.03. The van der Waals surface area contributed by atoms with Crippen LogP contribution in [0.4, 0.5) is 25.3 Å². The van der Waals surface area contributed by atoms with E-state index in [1.807, 2.05) is 4.90 Å². The average molecular weight is 571 g/mol. The highest BCUT2D eigenvalue weighted by Crippen LogP contribution is 2.31. The molecule has 3 aliphatic rings. The van der Waals surface area contributed by atoms with Gasteiger partial charge >= 0.3 is 6.09 Å². The van der Waals surface area contributed by atoms with Crippen molar-refractivity contribution in [2.45, 2.75) is 56.7 Å². The van der Waals surface area contributed by atoms with Gasteiger partial charge in [0.1, 0.15) is 17.7 Å². The molecule has 41 heavy (non-hydrogen) atoms. The summed E-state index contributed by atoms with van der Waals surface area (Å²) < 4.78 is 35.1. The highest BCUT2D eigenvalue weighted by Gasteiger charge is 2.38. The summed E-state index contributed by atoms with van der Waals surface area (Å²) in [6.45, 7) is 2.75. The zero-order chi connectivity index (χ0) is 28.5. The van der Waals surface area contributed by atoms with Crippen LogP contribution in [-0.2, 0) is 9.53 Å². The molecule has 2 amide bonds. The van der Waals surface area contributed by atoms with Crippen LogP contribution in [0.2, 0.25) is 0 Å². The number of carbonyl (C=O) groups excluding carboxylic acids is 1. The summed E-state index contributed by atoms with van der Waals surface area (Å²) in [6, 6.07) is 8.10. The minimum atomic E-state index is -2.80. The number of amides is 2. The third kappa shape index (κ3) is 5.60. The summed E-state index contributed by atoms with van der Waals surface area (Å²) >= 11 is 0. The van der Waals surface area contributed by atoms with E-state index in [2.05, 4.69) is 15.6 Å². The van der Waals surface area contributed by atoms with Crippen molar-refractivity contribution in [2.75, 3.05) is 43.1 Å². The molecule has 1 saturated carbocycles. The van der Waals surface area contributed by atoms with Crippen LogP contribution in [0.15, 0.2) is 30.3 Å². The van der Waals surface area contributed by atoms with Crippen LogP contribution in [-0.4, -0.2) is 92.5 Å². The largest absolute Gasteiger partial charge is 0.465 e. The van der Waals surface area contributed by atoms with Gasteiger partial charge in [-0.15, -0.1) is 0 Å². The Kier molecular flexibility index (Phi) is 7.56. The van der Waals surface area contributed by atoms with Gasteiger partial charge in [-0.1, -0.05) is 12.1 Å². The topological polar surface area (TPSA) is 138 Å². The Morgan fingerprint density at radius 3 is 2.51 bits per heavy atom. The normalized spacial score (nSPS) is 23.4. The number of hydrogen-bond donors (Lipinski definition) is 3. The molecule has 0 spiro atoms. The lowest BCUT2D eigenvalue weighted by Gasteiger charge is -2.35. The van der Waals surface area contributed by atoms with Crippen molar-refractivity contribution in [1.82, 2.24) is 29.7 Å². The predicted molar refractivity (Wildman–Crippen MR) is 146 cm³/mol. The van der Waals surface area contributed by atoms with E-state index in [-0.39, 0.29) is 23.8 Å². The smallest absolute Gasteiger partial charge is 0.405 e. The van der Waals surface area contributed by atoms with Gasteiger partial charge in [-0.05, 0) is 44.2 Å². The first-order chi connectivity index (χ1) is 19.9. The Morgan fingerprint density at radius 2 is 1.78 bits per heavy atom.